The van der Waals surface area contributed by atoms with Crippen LogP contribution >= 0.6 is 0 Å². The van der Waals surface area contributed by atoms with Crippen molar-refractivity contribution in [1.82, 2.24) is 25.0 Å². The van der Waals surface area contributed by atoms with Crippen LogP contribution in [0, 0.1) is 12.7 Å². The topological polar surface area (TPSA) is 95.3 Å². The van der Waals surface area contributed by atoms with Crippen molar-refractivity contribution in [3.05, 3.63) is 95.1 Å². The first-order valence-electron chi connectivity index (χ1n) is 12.6. The van der Waals surface area contributed by atoms with Crippen molar-refractivity contribution in [3.63, 3.8) is 0 Å². The third-order valence-electron chi connectivity index (χ3n) is 7.09. The Morgan fingerprint density at radius 3 is 2.71 bits per heavy atom. The number of hydrogen-bond acceptors (Lipinski definition) is 6. The van der Waals surface area contributed by atoms with Crippen molar-refractivity contribution in [2.45, 2.75) is 39.0 Å². The first-order chi connectivity index (χ1) is 18.3. The van der Waals surface area contributed by atoms with Crippen LogP contribution in [0.2, 0.25) is 0 Å². The Morgan fingerprint density at radius 1 is 1.13 bits per heavy atom. The van der Waals surface area contributed by atoms with E-state index in [9.17, 15) is 9.90 Å². The van der Waals surface area contributed by atoms with Crippen molar-refractivity contribution in [2.75, 3.05) is 11.9 Å². The van der Waals surface area contributed by atoms with Crippen LogP contribution in [-0.4, -0.2) is 43.3 Å². The second-order valence-electron chi connectivity index (χ2n) is 9.70. The van der Waals surface area contributed by atoms with Crippen LogP contribution in [0.1, 0.15) is 35.2 Å². The molecule has 2 aromatic carbocycles. The summed E-state index contributed by atoms with van der Waals surface area (Å²) in [5.74, 6) is 0.866. The van der Waals surface area contributed by atoms with E-state index in [1.165, 1.54) is 0 Å². The van der Waals surface area contributed by atoms with Crippen LogP contribution in [-0.2, 0) is 24.9 Å². The molecule has 0 bridgehead atoms. The second kappa shape index (κ2) is 10.7. The summed E-state index contributed by atoms with van der Waals surface area (Å²) in [7, 11) is 1.83. The number of hydrogen-bond donors (Lipinski definition) is 3. The monoisotopic (exact) mass is 514 g/mol. The van der Waals surface area contributed by atoms with Crippen LogP contribution in [0.15, 0.2) is 67.0 Å². The zero-order chi connectivity index (χ0) is 26.8. The van der Waals surface area contributed by atoms with Gasteiger partial charge in [0.1, 0.15) is 17.5 Å². The summed E-state index contributed by atoms with van der Waals surface area (Å²) in [5, 5.41) is 20.2. The number of aliphatic hydroxyl groups is 1. The minimum atomic E-state index is -0.501. The van der Waals surface area contributed by atoms with E-state index < -0.39 is 12.1 Å². The standard InChI is InChI=1S/C29H31FN6O2/c1-18-5-4-6-21(13-18)25(17-37)33-29(38)19(2)36-15-22-7-8-23(28(30)24(22)16-36)20-9-11-31-26(14-20)34-27-10-12-32-35(27)3/h4-14,19,25,37H,15-17H2,1-3H3,(H,31,34)(H,33,38)/t19?,25-/m1/s1. The molecule has 2 atom stereocenters. The molecule has 2 aromatic heterocycles. The molecule has 196 valence electrons. The number of nitrogens with zero attached hydrogens (tertiary/aromatic N) is 4. The molecule has 0 aliphatic carbocycles. The highest BCUT2D eigenvalue weighted by molar-refractivity contribution is 5.82. The molecule has 0 spiro atoms. The minimum absolute atomic E-state index is 0.205. The van der Waals surface area contributed by atoms with E-state index in [0.717, 1.165) is 22.5 Å². The summed E-state index contributed by atoms with van der Waals surface area (Å²) in [6, 6.07) is 15.8. The Morgan fingerprint density at radius 2 is 1.97 bits per heavy atom. The van der Waals surface area contributed by atoms with E-state index in [0.29, 0.717) is 35.6 Å². The van der Waals surface area contributed by atoms with Gasteiger partial charge in [-0.05, 0) is 42.7 Å². The van der Waals surface area contributed by atoms with Crippen LogP contribution in [0.4, 0.5) is 16.0 Å². The Labute approximate surface area is 221 Å². The molecular formula is C29H31FN6O2. The molecule has 0 saturated heterocycles. The van der Waals surface area contributed by atoms with Crippen LogP contribution in [0.5, 0.6) is 0 Å². The van der Waals surface area contributed by atoms with Gasteiger partial charge >= 0.3 is 0 Å². The van der Waals surface area contributed by atoms with Crippen molar-refractivity contribution >= 4 is 17.5 Å². The average Bonchev–Trinajstić information content (AvgIpc) is 3.53. The number of nitrogens with one attached hydrogen (secondary N) is 2. The fraction of sp³-hybridized carbons (Fsp3) is 0.276. The molecule has 1 amide bonds. The molecule has 0 saturated carbocycles. The highest BCUT2D eigenvalue weighted by Gasteiger charge is 2.31. The smallest absolute Gasteiger partial charge is 0.237 e. The van der Waals surface area contributed by atoms with Gasteiger partial charge in [-0.25, -0.2) is 9.37 Å². The Bertz CT molecular complexity index is 1470. The highest BCUT2D eigenvalue weighted by atomic mass is 19.1. The lowest BCUT2D eigenvalue weighted by Crippen LogP contribution is -2.44. The molecule has 9 heteroatoms. The molecule has 4 aromatic rings. The van der Waals surface area contributed by atoms with Gasteiger partial charge in [0.15, 0.2) is 0 Å². The Balaban J connectivity index is 1.30. The first kappa shape index (κ1) is 25.6. The number of pyridine rings is 1. The molecular weight excluding hydrogens is 483 g/mol. The van der Waals surface area contributed by atoms with Gasteiger partial charge in [0, 0.05) is 43.5 Å². The average molecular weight is 515 g/mol. The van der Waals surface area contributed by atoms with E-state index in [1.807, 2.05) is 62.2 Å². The molecule has 3 N–H and O–H groups in total. The number of aliphatic hydroxyl groups excluding tert-OH is 1. The van der Waals surface area contributed by atoms with Crippen molar-refractivity contribution < 1.29 is 14.3 Å². The molecule has 38 heavy (non-hydrogen) atoms. The lowest BCUT2D eigenvalue weighted by atomic mass is 10.00. The first-order valence-corrected chi connectivity index (χ1v) is 12.6. The van der Waals surface area contributed by atoms with Gasteiger partial charge in [0.05, 0.1) is 24.9 Å². The third-order valence-corrected chi connectivity index (χ3v) is 7.09. The second-order valence-corrected chi connectivity index (χ2v) is 9.70. The van der Waals surface area contributed by atoms with Gasteiger partial charge in [-0.2, -0.15) is 5.10 Å². The molecule has 5 rings (SSSR count). The number of amides is 1. The predicted molar refractivity (Wildman–Crippen MR) is 144 cm³/mol. The number of halogens is 1. The Hall–Kier alpha value is -4.08. The van der Waals surface area contributed by atoms with Crippen LogP contribution in [0.3, 0.4) is 0 Å². The van der Waals surface area contributed by atoms with E-state index >= 15 is 4.39 Å². The summed E-state index contributed by atoms with van der Waals surface area (Å²) < 4.78 is 17.5. The van der Waals surface area contributed by atoms with Crippen molar-refractivity contribution in [2.24, 2.45) is 7.05 Å². The fourth-order valence-corrected chi connectivity index (χ4v) is 4.83. The summed E-state index contributed by atoms with van der Waals surface area (Å²) in [4.78, 5) is 19.4. The maximum atomic E-state index is 15.8. The van der Waals surface area contributed by atoms with E-state index in [2.05, 4.69) is 20.7 Å². The molecule has 1 unspecified atom stereocenters. The molecule has 0 fully saturated rings. The number of benzene rings is 2. The SMILES string of the molecule is Cc1cccc([C@@H](CO)NC(=O)C(C)N2Cc3ccc(-c4ccnc(Nc5ccnn5C)c4)c(F)c3C2)c1. The number of fused-ring (bicyclic) bond motifs is 1. The van der Waals surface area contributed by atoms with Crippen molar-refractivity contribution in [3.8, 4) is 11.1 Å². The third kappa shape index (κ3) is 5.16. The van der Waals surface area contributed by atoms with Gasteiger partial charge in [0.25, 0.3) is 0 Å². The number of carbonyl (C=O) groups excluding carboxylic acids is 1. The maximum absolute atomic E-state index is 15.8. The largest absolute Gasteiger partial charge is 0.394 e. The number of aryl methyl sites for hydroxylation is 2. The number of carbonyl (C=O) groups is 1. The van der Waals surface area contributed by atoms with Gasteiger partial charge < -0.3 is 15.7 Å². The predicted octanol–water partition coefficient (Wildman–Crippen LogP) is 4.23. The Kier molecular flexibility index (Phi) is 7.22. The summed E-state index contributed by atoms with van der Waals surface area (Å²) in [5.41, 5.74) is 4.56. The number of anilines is 2. The zero-order valence-electron chi connectivity index (χ0n) is 21.6. The lowest BCUT2D eigenvalue weighted by molar-refractivity contribution is -0.127. The maximum Gasteiger partial charge on any atom is 0.237 e. The number of aromatic nitrogens is 3. The van der Waals surface area contributed by atoms with Crippen molar-refractivity contribution in [1.29, 1.82) is 0 Å². The van der Waals surface area contributed by atoms with E-state index in [1.54, 1.807) is 35.3 Å². The zero-order valence-corrected chi connectivity index (χ0v) is 21.6. The molecule has 3 heterocycles. The summed E-state index contributed by atoms with van der Waals surface area (Å²) in [6.07, 6.45) is 3.33. The van der Waals surface area contributed by atoms with Gasteiger partial charge in [0.2, 0.25) is 5.91 Å². The molecule has 8 nitrogen and oxygen atoms in total. The molecule has 1 aliphatic heterocycles. The van der Waals surface area contributed by atoms with Crippen LogP contribution in [0.25, 0.3) is 11.1 Å². The molecule has 0 radical (unpaired) electrons. The van der Waals surface area contributed by atoms with Gasteiger partial charge in [-0.1, -0.05) is 42.0 Å². The quantitative estimate of drug-likeness (QED) is 0.326. The van der Waals surface area contributed by atoms with E-state index in [4.69, 9.17) is 0 Å². The van der Waals surface area contributed by atoms with Gasteiger partial charge in [-0.3, -0.25) is 14.4 Å². The summed E-state index contributed by atoms with van der Waals surface area (Å²) in [6.45, 7) is 4.37. The van der Waals surface area contributed by atoms with Crippen LogP contribution < -0.4 is 10.6 Å². The fourth-order valence-electron chi connectivity index (χ4n) is 4.83. The summed E-state index contributed by atoms with van der Waals surface area (Å²) >= 11 is 0. The molecule has 1 aliphatic rings. The van der Waals surface area contributed by atoms with E-state index in [-0.39, 0.29) is 18.3 Å². The lowest BCUT2D eigenvalue weighted by Gasteiger charge is -2.26. The highest BCUT2D eigenvalue weighted by Crippen LogP contribution is 2.34. The normalized spacial score (nSPS) is 14.7. The number of rotatable bonds is 8. The minimum Gasteiger partial charge on any atom is -0.394 e. The van der Waals surface area contributed by atoms with Gasteiger partial charge in [-0.15, -0.1) is 0 Å².